The zero-order valence-electron chi connectivity index (χ0n) is 11.2. The summed E-state index contributed by atoms with van der Waals surface area (Å²) >= 11 is 0. The van der Waals surface area contributed by atoms with Crippen LogP contribution in [0.1, 0.15) is 48.9 Å². The van der Waals surface area contributed by atoms with Gasteiger partial charge in [0.25, 0.3) is 5.56 Å². The van der Waals surface area contributed by atoms with Crippen LogP contribution in [0.4, 0.5) is 0 Å². The zero-order valence-corrected chi connectivity index (χ0v) is 11.2. The third-order valence-electron chi connectivity index (χ3n) is 4.50. The standard InChI is InChI=1S/C15H22N2O/c1-17-14-8-4-5-11(14)9-12(15(17)18)10-16-13-6-2-3-7-13/h9,13,16H,2-8,10H2,1H3. The topological polar surface area (TPSA) is 34.0 Å². The van der Waals surface area contributed by atoms with E-state index in [2.05, 4.69) is 11.4 Å². The fourth-order valence-corrected chi connectivity index (χ4v) is 3.41. The molecule has 1 saturated carbocycles. The van der Waals surface area contributed by atoms with Crippen molar-refractivity contribution < 1.29 is 0 Å². The molecule has 98 valence electrons. The van der Waals surface area contributed by atoms with Gasteiger partial charge in [-0.3, -0.25) is 4.79 Å². The number of fused-ring (bicyclic) bond motifs is 1. The lowest BCUT2D eigenvalue weighted by Crippen LogP contribution is -2.31. The Morgan fingerprint density at radius 2 is 2.06 bits per heavy atom. The Balaban J connectivity index is 1.79. The number of hydrogen-bond acceptors (Lipinski definition) is 2. The Bertz CT molecular complexity index is 498. The van der Waals surface area contributed by atoms with Crippen molar-refractivity contribution in [2.24, 2.45) is 7.05 Å². The molecule has 3 nitrogen and oxygen atoms in total. The van der Waals surface area contributed by atoms with Crippen molar-refractivity contribution in [1.29, 1.82) is 0 Å². The second-order valence-electron chi connectivity index (χ2n) is 5.72. The highest BCUT2D eigenvalue weighted by Gasteiger charge is 2.18. The number of hydrogen-bond donors (Lipinski definition) is 1. The molecule has 0 saturated heterocycles. The van der Waals surface area contributed by atoms with Crippen molar-refractivity contribution >= 4 is 0 Å². The number of rotatable bonds is 3. The van der Waals surface area contributed by atoms with Crippen LogP contribution in [0.2, 0.25) is 0 Å². The maximum atomic E-state index is 12.3. The minimum absolute atomic E-state index is 0.196. The smallest absolute Gasteiger partial charge is 0.255 e. The second kappa shape index (κ2) is 4.88. The summed E-state index contributed by atoms with van der Waals surface area (Å²) < 4.78 is 1.87. The van der Waals surface area contributed by atoms with Gasteiger partial charge in [0.1, 0.15) is 0 Å². The molecule has 0 bridgehead atoms. The summed E-state index contributed by atoms with van der Waals surface area (Å²) in [5.74, 6) is 0. The highest BCUT2D eigenvalue weighted by molar-refractivity contribution is 5.30. The summed E-state index contributed by atoms with van der Waals surface area (Å²) in [6.45, 7) is 0.741. The molecule has 0 unspecified atom stereocenters. The molecule has 0 spiro atoms. The highest BCUT2D eigenvalue weighted by atomic mass is 16.1. The van der Waals surface area contributed by atoms with Gasteiger partial charge in [-0.2, -0.15) is 0 Å². The van der Waals surface area contributed by atoms with Crippen LogP contribution < -0.4 is 10.9 Å². The van der Waals surface area contributed by atoms with Crippen molar-refractivity contribution in [3.63, 3.8) is 0 Å². The van der Waals surface area contributed by atoms with Gasteiger partial charge in [-0.1, -0.05) is 12.8 Å². The molecule has 18 heavy (non-hydrogen) atoms. The summed E-state index contributed by atoms with van der Waals surface area (Å²) in [6, 6.07) is 2.77. The number of pyridine rings is 1. The van der Waals surface area contributed by atoms with Crippen LogP contribution in [0.5, 0.6) is 0 Å². The molecule has 0 aliphatic heterocycles. The van der Waals surface area contributed by atoms with E-state index < -0.39 is 0 Å². The molecule has 1 heterocycles. The first-order valence-electron chi connectivity index (χ1n) is 7.20. The van der Waals surface area contributed by atoms with Gasteiger partial charge in [-0.05, 0) is 43.7 Å². The Kier molecular flexibility index (Phi) is 3.25. The molecule has 2 aliphatic carbocycles. The van der Waals surface area contributed by atoms with Gasteiger partial charge in [-0.15, -0.1) is 0 Å². The Morgan fingerprint density at radius 3 is 2.83 bits per heavy atom. The van der Waals surface area contributed by atoms with Gasteiger partial charge >= 0.3 is 0 Å². The highest BCUT2D eigenvalue weighted by Crippen LogP contribution is 2.21. The zero-order chi connectivity index (χ0) is 12.5. The summed E-state index contributed by atoms with van der Waals surface area (Å²) in [5.41, 5.74) is 3.79. The first-order chi connectivity index (χ1) is 8.75. The Labute approximate surface area is 108 Å². The van der Waals surface area contributed by atoms with Crippen molar-refractivity contribution in [3.05, 3.63) is 33.2 Å². The van der Waals surface area contributed by atoms with Gasteiger partial charge in [-0.25, -0.2) is 0 Å². The van der Waals surface area contributed by atoms with Gasteiger partial charge in [0.2, 0.25) is 0 Å². The van der Waals surface area contributed by atoms with Crippen LogP contribution in [0.25, 0.3) is 0 Å². The number of aryl methyl sites for hydroxylation is 1. The first kappa shape index (κ1) is 12.0. The monoisotopic (exact) mass is 246 g/mol. The Hall–Kier alpha value is -1.09. The van der Waals surface area contributed by atoms with Crippen LogP contribution in [-0.4, -0.2) is 10.6 Å². The normalized spacial score (nSPS) is 19.4. The molecule has 0 aromatic carbocycles. The van der Waals surface area contributed by atoms with E-state index in [0.29, 0.717) is 6.04 Å². The molecule has 3 rings (SSSR count). The van der Waals surface area contributed by atoms with Crippen LogP contribution in [0.3, 0.4) is 0 Å². The third-order valence-corrected chi connectivity index (χ3v) is 4.50. The molecule has 0 radical (unpaired) electrons. The van der Waals surface area contributed by atoms with E-state index in [9.17, 15) is 4.79 Å². The molecule has 0 amide bonds. The van der Waals surface area contributed by atoms with Crippen molar-refractivity contribution in [3.8, 4) is 0 Å². The lowest BCUT2D eigenvalue weighted by molar-refractivity contribution is 0.520. The van der Waals surface area contributed by atoms with Crippen LogP contribution in [0.15, 0.2) is 10.9 Å². The second-order valence-corrected chi connectivity index (χ2v) is 5.72. The maximum Gasteiger partial charge on any atom is 0.255 e. The molecule has 1 N–H and O–H groups in total. The largest absolute Gasteiger partial charge is 0.315 e. The molecular formula is C15H22N2O. The number of nitrogens with one attached hydrogen (secondary N) is 1. The van der Waals surface area contributed by atoms with Gasteiger partial charge in [0.15, 0.2) is 0 Å². The average Bonchev–Trinajstić information content (AvgIpc) is 3.02. The summed E-state index contributed by atoms with van der Waals surface area (Å²) in [6.07, 6.45) is 8.61. The predicted molar refractivity (Wildman–Crippen MR) is 72.8 cm³/mol. The third kappa shape index (κ3) is 2.12. The number of aromatic nitrogens is 1. The summed E-state index contributed by atoms with van der Waals surface area (Å²) in [4.78, 5) is 12.3. The van der Waals surface area contributed by atoms with Crippen LogP contribution in [-0.2, 0) is 26.4 Å². The first-order valence-corrected chi connectivity index (χ1v) is 7.20. The lowest BCUT2D eigenvalue weighted by atomic mass is 10.1. The minimum atomic E-state index is 0.196. The molecule has 1 aromatic rings. The van der Waals surface area contributed by atoms with Crippen LogP contribution in [0, 0.1) is 0 Å². The lowest BCUT2D eigenvalue weighted by Gasteiger charge is -2.14. The molecular weight excluding hydrogens is 224 g/mol. The maximum absolute atomic E-state index is 12.3. The quantitative estimate of drug-likeness (QED) is 0.884. The fourth-order valence-electron chi connectivity index (χ4n) is 3.41. The van der Waals surface area contributed by atoms with E-state index >= 15 is 0 Å². The van der Waals surface area contributed by atoms with Gasteiger partial charge in [0, 0.05) is 30.9 Å². The molecule has 2 aliphatic rings. The van der Waals surface area contributed by atoms with E-state index in [1.165, 1.54) is 43.4 Å². The molecule has 1 fully saturated rings. The number of nitrogens with zero attached hydrogens (tertiary/aromatic N) is 1. The SMILES string of the molecule is Cn1c2c(cc(CNC3CCCC3)c1=O)CCC2. The summed E-state index contributed by atoms with van der Waals surface area (Å²) in [5, 5.41) is 3.54. The van der Waals surface area contributed by atoms with Crippen molar-refractivity contribution in [2.45, 2.75) is 57.5 Å². The van der Waals surface area contributed by atoms with E-state index in [1.54, 1.807) is 0 Å². The molecule has 3 heteroatoms. The van der Waals surface area contributed by atoms with Crippen molar-refractivity contribution in [1.82, 2.24) is 9.88 Å². The van der Waals surface area contributed by atoms with E-state index in [0.717, 1.165) is 24.9 Å². The van der Waals surface area contributed by atoms with E-state index in [-0.39, 0.29) is 5.56 Å². The van der Waals surface area contributed by atoms with Crippen LogP contribution >= 0.6 is 0 Å². The van der Waals surface area contributed by atoms with E-state index in [4.69, 9.17) is 0 Å². The summed E-state index contributed by atoms with van der Waals surface area (Å²) in [7, 11) is 1.92. The van der Waals surface area contributed by atoms with E-state index in [1.807, 2.05) is 11.6 Å². The minimum Gasteiger partial charge on any atom is -0.315 e. The predicted octanol–water partition coefficient (Wildman–Crippen LogP) is 1.91. The molecule has 1 aromatic heterocycles. The molecule has 0 atom stereocenters. The Morgan fingerprint density at radius 1 is 1.28 bits per heavy atom. The van der Waals surface area contributed by atoms with Gasteiger partial charge in [0.05, 0.1) is 0 Å². The van der Waals surface area contributed by atoms with Gasteiger partial charge < -0.3 is 9.88 Å². The fraction of sp³-hybridized carbons (Fsp3) is 0.667. The average molecular weight is 246 g/mol. The van der Waals surface area contributed by atoms with Crippen molar-refractivity contribution in [2.75, 3.05) is 0 Å².